The van der Waals surface area contributed by atoms with Gasteiger partial charge in [0.2, 0.25) is 5.91 Å². The third-order valence-electron chi connectivity index (χ3n) is 13.5. The van der Waals surface area contributed by atoms with Crippen molar-refractivity contribution in [3.63, 3.8) is 0 Å². The third-order valence-corrected chi connectivity index (χ3v) is 13.5. The number of fused-ring (bicyclic) bond motifs is 5. The number of aliphatic hydroxyl groups is 1. The van der Waals surface area contributed by atoms with Crippen LogP contribution in [0.2, 0.25) is 0 Å². The summed E-state index contributed by atoms with van der Waals surface area (Å²) in [5, 5.41) is 11.8. The van der Waals surface area contributed by atoms with Crippen molar-refractivity contribution in [3.8, 4) is 0 Å². The fourth-order valence-electron chi connectivity index (χ4n) is 10.9. The molecule has 3 fully saturated rings. The van der Waals surface area contributed by atoms with Crippen molar-refractivity contribution in [1.29, 1.82) is 0 Å². The molecule has 0 aromatic heterocycles. The highest BCUT2D eigenvalue weighted by Gasteiger charge is 2.61. The van der Waals surface area contributed by atoms with E-state index in [1.165, 1.54) is 31.3 Å². The monoisotopic (exact) mass is 672 g/mol. The molecule has 8 atom stereocenters. The molecule has 0 spiro atoms. The number of esters is 1. The normalized spacial score (nSPS) is 32.8. The Morgan fingerprint density at radius 3 is 2.21 bits per heavy atom. The van der Waals surface area contributed by atoms with Crippen LogP contribution in [0.3, 0.4) is 0 Å². The van der Waals surface area contributed by atoms with Gasteiger partial charge in [-0.25, -0.2) is 0 Å². The molecule has 4 aliphatic rings. The zero-order valence-corrected chi connectivity index (χ0v) is 32.5. The molecule has 276 valence electrons. The van der Waals surface area contributed by atoms with E-state index in [-0.39, 0.29) is 41.7 Å². The maximum Gasteiger partial charge on any atom is 0.306 e. The first-order valence-electron chi connectivity index (χ1n) is 19.8. The van der Waals surface area contributed by atoms with E-state index in [0.29, 0.717) is 29.6 Å². The lowest BCUT2D eigenvalue weighted by Crippen LogP contribution is -2.53. The number of allylic oxidation sites excluding steroid dienone is 1. The summed E-state index contributed by atoms with van der Waals surface area (Å²) in [7, 11) is 8.23. The molecule has 1 amide bonds. The van der Waals surface area contributed by atoms with Gasteiger partial charge in [-0.15, -0.1) is 0 Å². The van der Waals surface area contributed by atoms with Crippen LogP contribution < -0.4 is 0 Å². The van der Waals surface area contributed by atoms with Crippen LogP contribution in [0.1, 0.15) is 131 Å². The van der Waals surface area contributed by atoms with E-state index in [1.807, 2.05) is 4.90 Å². The highest BCUT2D eigenvalue weighted by atomic mass is 16.5. The lowest BCUT2D eigenvalue weighted by atomic mass is 9.46. The van der Waals surface area contributed by atoms with E-state index in [0.717, 1.165) is 84.0 Å². The average Bonchev–Trinajstić information content (AvgIpc) is 3.37. The summed E-state index contributed by atoms with van der Waals surface area (Å²) in [5.74, 6) is 2.99. The Labute approximate surface area is 294 Å². The van der Waals surface area contributed by atoms with E-state index < -0.39 is 5.60 Å². The van der Waals surface area contributed by atoms with Gasteiger partial charge in [0.1, 0.15) is 6.10 Å². The summed E-state index contributed by atoms with van der Waals surface area (Å²) in [5.41, 5.74) is 1.34. The van der Waals surface area contributed by atoms with E-state index in [1.54, 1.807) is 0 Å². The minimum Gasteiger partial charge on any atom is -0.462 e. The number of hydrogen-bond donors (Lipinski definition) is 1. The lowest BCUT2D eigenvalue weighted by Gasteiger charge is -2.59. The first-order valence-corrected chi connectivity index (χ1v) is 19.8. The minimum absolute atomic E-state index is 0.0669. The van der Waals surface area contributed by atoms with Crippen molar-refractivity contribution in [2.45, 2.75) is 143 Å². The zero-order valence-electron chi connectivity index (χ0n) is 32.5. The number of hydrogen-bond acceptors (Lipinski definition) is 6. The highest BCUT2D eigenvalue weighted by Crippen LogP contribution is 2.67. The van der Waals surface area contributed by atoms with Gasteiger partial charge in [0.25, 0.3) is 0 Å². The van der Waals surface area contributed by atoms with Crippen molar-refractivity contribution >= 4 is 11.9 Å². The fourth-order valence-corrected chi connectivity index (χ4v) is 10.9. The van der Waals surface area contributed by atoms with Crippen LogP contribution in [0.4, 0.5) is 0 Å². The molecule has 0 saturated heterocycles. The Kier molecular flexibility index (Phi) is 13.7. The third kappa shape index (κ3) is 9.46. The second kappa shape index (κ2) is 16.7. The second-order valence-corrected chi connectivity index (χ2v) is 18.1. The molecule has 3 saturated carbocycles. The van der Waals surface area contributed by atoms with E-state index in [2.05, 4.69) is 78.7 Å². The number of amides is 1. The Hall–Kier alpha value is -1.44. The maximum absolute atomic E-state index is 13.2. The molecule has 48 heavy (non-hydrogen) atoms. The van der Waals surface area contributed by atoms with Crippen molar-refractivity contribution < 1.29 is 19.4 Å². The van der Waals surface area contributed by atoms with Crippen molar-refractivity contribution in [2.24, 2.45) is 40.4 Å². The molecule has 0 aromatic carbocycles. The number of carbonyl (C=O) groups excluding carboxylic acids is 2. The van der Waals surface area contributed by atoms with Gasteiger partial charge in [0, 0.05) is 25.9 Å². The van der Waals surface area contributed by atoms with Crippen LogP contribution in [-0.4, -0.2) is 97.8 Å². The molecule has 0 radical (unpaired) electrons. The van der Waals surface area contributed by atoms with Crippen LogP contribution in [0.5, 0.6) is 0 Å². The zero-order chi connectivity index (χ0) is 35.3. The predicted molar refractivity (Wildman–Crippen MR) is 197 cm³/mol. The molecular formula is C41H73N3O4. The van der Waals surface area contributed by atoms with Crippen molar-refractivity contribution in [3.05, 3.63) is 11.6 Å². The van der Waals surface area contributed by atoms with Gasteiger partial charge in [-0.3, -0.25) is 9.59 Å². The lowest BCUT2D eigenvalue weighted by molar-refractivity contribution is -0.153. The van der Waals surface area contributed by atoms with E-state index in [9.17, 15) is 14.7 Å². The first-order chi connectivity index (χ1) is 22.6. The minimum atomic E-state index is -0.576. The van der Waals surface area contributed by atoms with Crippen LogP contribution in [0, 0.1) is 40.4 Å². The summed E-state index contributed by atoms with van der Waals surface area (Å²) in [4.78, 5) is 32.5. The molecule has 4 aliphatic carbocycles. The molecule has 7 heteroatoms. The van der Waals surface area contributed by atoms with Gasteiger partial charge in [-0.05, 0) is 153 Å². The Bertz CT molecular complexity index is 1090. The van der Waals surface area contributed by atoms with Crippen molar-refractivity contribution in [2.75, 3.05) is 54.4 Å². The fraction of sp³-hybridized carbons (Fsp3) is 0.902. The summed E-state index contributed by atoms with van der Waals surface area (Å²) in [6, 6.07) is 0. The van der Waals surface area contributed by atoms with Crippen LogP contribution >= 0.6 is 0 Å². The summed E-state index contributed by atoms with van der Waals surface area (Å²) in [6.45, 7) is 15.1. The number of carbonyl (C=O) groups is 2. The number of nitrogens with zero attached hydrogens (tertiary/aromatic N) is 3. The molecular weight excluding hydrogens is 598 g/mol. The molecule has 0 aromatic rings. The molecule has 0 bridgehead atoms. The first kappa shape index (κ1) is 39.3. The Balaban J connectivity index is 1.31. The van der Waals surface area contributed by atoms with Gasteiger partial charge in [0.15, 0.2) is 0 Å². The van der Waals surface area contributed by atoms with E-state index >= 15 is 0 Å². The number of ether oxygens (including phenoxy) is 1. The van der Waals surface area contributed by atoms with Gasteiger partial charge >= 0.3 is 5.97 Å². The molecule has 2 unspecified atom stereocenters. The topological polar surface area (TPSA) is 73.3 Å². The molecule has 4 rings (SSSR count). The largest absolute Gasteiger partial charge is 0.462 e. The molecule has 0 aliphatic heterocycles. The second-order valence-electron chi connectivity index (χ2n) is 18.1. The molecule has 1 N–H and O–H groups in total. The SMILES string of the molecule is CC(C)CCCC(C)(O)C1CC[C@H]2[C@@H]3CC=C4C[C@@H](OC(=O)CCC(=O)N(CCCN(C)C)CCCN(C)C)CC[C@]4(C)[C@H]3CC[C@]12C. The van der Waals surface area contributed by atoms with Crippen LogP contribution in [0.15, 0.2) is 11.6 Å². The molecule has 7 nitrogen and oxygen atoms in total. The van der Waals surface area contributed by atoms with Crippen molar-refractivity contribution in [1.82, 2.24) is 14.7 Å². The summed E-state index contributed by atoms with van der Waals surface area (Å²) < 4.78 is 6.07. The quantitative estimate of drug-likeness (QED) is 0.127. The Morgan fingerprint density at radius 2 is 1.58 bits per heavy atom. The molecule has 0 heterocycles. The van der Waals surface area contributed by atoms with Crippen LogP contribution in [-0.2, 0) is 14.3 Å². The predicted octanol–water partition coefficient (Wildman–Crippen LogP) is 7.57. The van der Waals surface area contributed by atoms with Gasteiger partial charge in [0.05, 0.1) is 12.0 Å². The average molecular weight is 672 g/mol. The van der Waals surface area contributed by atoms with Crippen LogP contribution in [0.25, 0.3) is 0 Å². The smallest absolute Gasteiger partial charge is 0.306 e. The van der Waals surface area contributed by atoms with Gasteiger partial charge in [-0.2, -0.15) is 0 Å². The van der Waals surface area contributed by atoms with Gasteiger partial charge in [-0.1, -0.05) is 52.2 Å². The standard InChI is InChI=1S/C41H73N3O4/c1-30(2)13-10-22-41(5,47)36-17-16-34-33-15-14-31-29-32(20-23-39(31,3)35(33)21-24-40(34,36)4)48-38(46)19-18-37(45)44(27-11-25-42(6)7)28-12-26-43(8)9/h14,30,32-36,47H,10-13,15-29H2,1-9H3/t32-,33-,34-,35-,36?,39-,40-,41?/m0/s1. The summed E-state index contributed by atoms with van der Waals surface area (Å²) in [6.07, 6.45) is 16.8. The Morgan fingerprint density at radius 1 is 0.917 bits per heavy atom. The number of rotatable bonds is 17. The van der Waals surface area contributed by atoms with Gasteiger partial charge < -0.3 is 24.5 Å². The van der Waals surface area contributed by atoms with E-state index in [4.69, 9.17) is 4.74 Å². The maximum atomic E-state index is 13.2. The highest BCUT2D eigenvalue weighted by molar-refractivity contribution is 5.81. The summed E-state index contributed by atoms with van der Waals surface area (Å²) >= 11 is 0.